The molecule has 3 aromatic rings. The van der Waals surface area contributed by atoms with Gasteiger partial charge >= 0.3 is 5.97 Å². The smallest absolute Gasteiger partial charge is 0.329 e. The Balaban J connectivity index is 0.000000932. The number of phenolic OH excluding ortho intramolecular Hbond substituents is 1. The summed E-state index contributed by atoms with van der Waals surface area (Å²) in [7, 11) is 0. The number of rotatable bonds is 3. The van der Waals surface area contributed by atoms with Gasteiger partial charge in [0.25, 0.3) is 0 Å². The summed E-state index contributed by atoms with van der Waals surface area (Å²) in [6.07, 6.45) is 1.03. The van der Waals surface area contributed by atoms with Crippen molar-refractivity contribution >= 4 is 39.5 Å². The Labute approximate surface area is 177 Å². The molecule has 0 amide bonds. The Bertz CT molecular complexity index is 986. The van der Waals surface area contributed by atoms with E-state index in [-0.39, 0.29) is 18.3 Å². The van der Waals surface area contributed by atoms with Crippen LogP contribution in [-0.4, -0.2) is 39.0 Å². The molecule has 3 atom stereocenters. The van der Waals surface area contributed by atoms with Gasteiger partial charge in [0, 0.05) is 29.1 Å². The normalized spacial score (nSPS) is 22.3. The lowest BCUT2D eigenvalue weighted by Crippen LogP contribution is -2.37. The Morgan fingerprint density at radius 1 is 1.25 bits per heavy atom. The zero-order chi connectivity index (χ0) is 19.7. The topological polar surface area (TPSA) is 65.6 Å². The summed E-state index contributed by atoms with van der Waals surface area (Å²) in [5, 5.41) is 10.9. The Hall–Kier alpha value is -2.06. The number of halogens is 1. The standard InChI is InChI=1S/C21H20N2O3.CH3I/c24-15-6-7-17-16(10-15)18-14-8-9-23(11-14)20(19(18)22-17)21(25)26-12-13-4-2-1-3-5-13;1-2/h1-7,10,14,20,22,24H,8-9,11-12H2;1H3. The van der Waals surface area contributed by atoms with Crippen LogP contribution in [0.1, 0.15) is 35.2 Å². The van der Waals surface area contributed by atoms with E-state index in [1.54, 1.807) is 12.1 Å². The van der Waals surface area contributed by atoms with Gasteiger partial charge in [-0.2, -0.15) is 0 Å². The molecule has 0 spiro atoms. The van der Waals surface area contributed by atoms with E-state index >= 15 is 0 Å². The van der Waals surface area contributed by atoms with Crippen molar-refractivity contribution in [2.75, 3.05) is 18.0 Å². The highest BCUT2D eigenvalue weighted by Gasteiger charge is 2.44. The summed E-state index contributed by atoms with van der Waals surface area (Å²) >= 11 is 2.15. The molecule has 2 aliphatic heterocycles. The van der Waals surface area contributed by atoms with E-state index in [2.05, 4.69) is 32.5 Å². The van der Waals surface area contributed by atoms with Crippen molar-refractivity contribution in [3.8, 4) is 5.75 Å². The minimum absolute atomic E-state index is 0.216. The third kappa shape index (κ3) is 3.39. The average molecular weight is 490 g/mol. The first-order valence-corrected chi connectivity index (χ1v) is 11.5. The van der Waals surface area contributed by atoms with Gasteiger partial charge in [0.15, 0.2) is 0 Å². The molecule has 0 radical (unpaired) electrons. The zero-order valence-electron chi connectivity index (χ0n) is 15.7. The summed E-state index contributed by atoms with van der Waals surface area (Å²) in [6.45, 7) is 2.03. The van der Waals surface area contributed by atoms with Crippen LogP contribution < -0.4 is 0 Å². The number of hydrogen-bond donors (Lipinski definition) is 2. The monoisotopic (exact) mass is 490 g/mol. The van der Waals surface area contributed by atoms with Crippen molar-refractivity contribution < 1.29 is 14.6 Å². The molecule has 3 unspecified atom stereocenters. The quantitative estimate of drug-likeness (QED) is 0.322. The second-order valence-corrected chi connectivity index (χ2v) is 7.16. The Morgan fingerprint density at radius 3 is 2.82 bits per heavy atom. The van der Waals surface area contributed by atoms with Crippen LogP contribution in [0, 0.1) is 0 Å². The van der Waals surface area contributed by atoms with Gasteiger partial charge in [0.05, 0.1) is 0 Å². The van der Waals surface area contributed by atoms with E-state index in [0.717, 1.165) is 41.7 Å². The number of nitrogens with zero attached hydrogens (tertiary/aromatic N) is 1. The van der Waals surface area contributed by atoms with Gasteiger partial charge in [-0.3, -0.25) is 4.90 Å². The van der Waals surface area contributed by atoms with Gasteiger partial charge in [0.1, 0.15) is 18.4 Å². The number of ether oxygens (including phenoxy) is 1. The third-order valence-electron chi connectivity index (χ3n) is 5.57. The lowest BCUT2D eigenvalue weighted by Gasteiger charge is -2.30. The van der Waals surface area contributed by atoms with Crippen LogP contribution in [0.3, 0.4) is 0 Å². The number of H-pyrrole nitrogens is 1. The molecular formula is C22H23IN2O3. The molecule has 6 heteroatoms. The van der Waals surface area contributed by atoms with Crippen LogP contribution in [0.5, 0.6) is 5.75 Å². The molecule has 1 fully saturated rings. The molecule has 5 rings (SSSR count). The Morgan fingerprint density at radius 2 is 2.04 bits per heavy atom. The number of fused-ring (bicyclic) bond motifs is 6. The van der Waals surface area contributed by atoms with Crippen molar-refractivity contribution in [1.82, 2.24) is 9.88 Å². The number of esters is 1. The second-order valence-electron chi connectivity index (χ2n) is 7.16. The molecule has 5 nitrogen and oxygen atoms in total. The molecule has 28 heavy (non-hydrogen) atoms. The van der Waals surface area contributed by atoms with E-state index in [1.165, 1.54) is 5.56 Å². The number of phenols is 1. The first kappa shape index (κ1) is 19.3. The number of aromatic nitrogens is 1. The van der Waals surface area contributed by atoms with Crippen LogP contribution in [-0.2, 0) is 16.1 Å². The molecule has 146 valence electrons. The van der Waals surface area contributed by atoms with E-state index < -0.39 is 6.04 Å². The van der Waals surface area contributed by atoms with E-state index in [9.17, 15) is 9.90 Å². The minimum Gasteiger partial charge on any atom is -0.508 e. The van der Waals surface area contributed by atoms with Gasteiger partial charge in [-0.25, -0.2) is 4.79 Å². The summed E-state index contributed by atoms with van der Waals surface area (Å²) < 4.78 is 5.64. The maximum atomic E-state index is 12.9. The lowest BCUT2D eigenvalue weighted by atomic mass is 9.90. The highest BCUT2D eigenvalue weighted by Crippen LogP contribution is 2.46. The highest BCUT2D eigenvalue weighted by atomic mass is 127. The molecule has 2 aromatic carbocycles. The number of aromatic amines is 1. The molecule has 1 aromatic heterocycles. The molecule has 2 aliphatic rings. The number of hydrogen-bond acceptors (Lipinski definition) is 4. The van der Waals surface area contributed by atoms with E-state index in [0.29, 0.717) is 5.92 Å². The first-order valence-electron chi connectivity index (χ1n) is 9.37. The fourth-order valence-corrected chi connectivity index (χ4v) is 4.39. The summed E-state index contributed by atoms with van der Waals surface area (Å²) in [4.78, 5) is 20.5. The zero-order valence-corrected chi connectivity index (χ0v) is 17.8. The number of carbonyl (C=O) groups is 1. The van der Waals surface area contributed by atoms with Crippen LogP contribution in [0.4, 0.5) is 0 Å². The lowest BCUT2D eigenvalue weighted by molar-refractivity contribution is -0.151. The molecule has 2 bridgehead atoms. The molecular weight excluding hydrogens is 467 g/mol. The second kappa shape index (κ2) is 8.13. The van der Waals surface area contributed by atoms with Crippen molar-refractivity contribution in [1.29, 1.82) is 0 Å². The molecule has 0 saturated carbocycles. The predicted octanol–water partition coefficient (Wildman–Crippen LogP) is 4.51. The van der Waals surface area contributed by atoms with Gasteiger partial charge in [0.2, 0.25) is 0 Å². The van der Waals surface area contributed by atoms with Gasteiger partial charge in [-0.05, 0) is 47.2 Å². The summed E-state index contributed by atoms with van der Waals surface area (Å²) in [5.74, 6) is 0.438. The van der Waals surface area contributed by atoms with Gasteiger partial charge < -0.3 is 14.8 Å². The van der Waals surface area contributed by atoms with Gasteiger partial charge in [-0.1, -0.05) is 52.9 Å². The molecule has 2 N–H and O–H groups in total. The van der Waals surface area contributed by atoms with E-state index in [1.807, 2.05) is 41.3 Å². The van der Waals surface area contributed by atoms with Crippen molar-refractivity contribution in [3.05, 3.63) is 65.4 Å². The highest BCUT2D eigenvalue weighted by molar-refractivity contribution is 14.1. The minimum atomic E-state index is -0.401. The maximum absolute atomic E-state index is 12.9. The summed E-state index contributed by atoms with van der Waals surface area (Å²) in [5.41, 5.74) is 4.05. The number of benzene rings is 2. The average Bonchev–Trinajstić information content (AvgIpc) is 3.31. The molecule has 1 saturated heterocycles. The van der Waals surface area contributed by atoms with Crippen LogP contribution in [0.15, 0.2) is 48.5 Å². The van der Waals surface area contributed by atoms with Crippen molar-refractivity contribution in [3.63, 3.8) is 0 Å². The Kier molecular flexibility index (Phi) is 5.59. The maximum Gasteiger partial charge on any atom is 0.329 e. The van der Waals surface area contributed by atoms with Crippen molar-refractivity contribution in [2.45, 2.75) is 25.0 Å². The van der Waals surface area contributed by atoms with E-state index in [4.69, 9.17) is 4.74 Å². The molecule has 0 aliphatic carbocycles. The van der Waals surface area contributed by atoms with Crippen molar-refractivity contribution in [2.24, 2.45) is 0 Å². The third-order valence-corrected chi connectivity index (χ3v) is 5.57. The van der Waals surface area contributed by atoms with Gasteiger partial charge in [-0.15, -0.1) is 0 Å². The van der Waals surface area contributed by atoms with Crippen LogP contribution >= 0.6 is 22.6 Å². The van der Waals surface area contributed by atoms with Crippen LogP contribution in [0.2, 0.25) is 0 Å². The molecule has 3 heterocycles. The number of nitrogens with one attached hydrogen (secondary N) is 1. The fraction of sp³-hybridized carbons (Fsp3) is 0.318. The predicted molar refractivity (Wildman–Crippen MR) is 118 cm³/mol. The summed E-state index contributed by atoms with van der Waals surface area (Å²) in [6, 6.07) is 14.7. The van der Waals surface area contributed by atoms with Crippen LogP contribution in [0.25, 0.3) is 10.9 Å². The number of carbonyl (C=O) groups excluding carboxylic acids is 1. The largest absolute Gasteiger partial charge is 0.508 e. The number of alkyl halides is 1. The fourth-order valence-electron chi connectivity index (χ4n) is 4.39. The first-order chi connectivity index (χ1) is 13.7. The SMILES string of the molecule is CI.O=C(OCc1ccccc1)C1c2[nH]c3ccc(O)cc3c2C2CCN1C2. The number of aromatic hydroxyl groups is 1.